The zero-order chi connectivity index (χ0) is 8.27. The molecule has 1 aromatic rings. The summed E-state index contributed by atoms with van der Waals surface area (Å²) in [7, 11) is 0. The first-order chi connectivity index (χ1) is 5.20. The number of hydrogen-bond donors (Lipinski definition) is 1. The molecule has 0 aliphatic heterocycles. The number of aromatic nitrogens is 2. The van der Waals surface area contributed by atoms with Crippen molar-refractivity contribution >= 4 is 21.9 Å². The van der Waals surface area contributed by atoms with Crippen LogP contribution in [0.3, 0.4) is 0 Å². The van der Waals surface area contributed by atoms with Crippen molar-refractivity contribution in [3.63, 3.8) is 0 Å². The van der Waals surface area contributed by atoms with Gasteiger partial charge in [-0.2, -0.15) is 5.10 Å². The van der Waals surface area contributed by atoms with Crippen molar-refractivity contribution in [2.45, 2.75) is 13.0 Å². The number of rotatable bonds is 3. The SMILES string of the molecule is O=C(O)CCn1nccc1Br. The zero-order valence-corrected chi connectivity index (χ0v) is 7.28. The molecule has 0 saturated heterocycles. The lowest BCUT2D eigenvalue weighted by Crippen LogP contribution is -2.05. The van der Waals surface area contributed by atoms with E-state index < -0.39 is 5.97 Å². The van der Waals surface area contributed by atoms with E-state index in [2.05, 4.69) is 21.0 Å². The minimum atomic E-state index is -0.813. The van der Waals surface area contributed by atoms with Gasteiger partial charge >= 0.3 is 5.97 Å². The Bertz CT molecular complexity index is 259. The fourth-order valence-corrected chi connectivity index (χ4v) is 1.07. The lowest BCUT2D eigenvalue weighted by Gasteiger charge is -1.98. The zero-order valence-electron chi connectivity index (χ0n) is 5.70. The standard InChI is InChI=1S/C6H7BrN2O2/c7-5-1-3-8-9(5)4-2-6(10)11/h1,3H,2,4H2,(H,10,11). The second kappa shape index (κ2) is 3.52. The molecule has 1 aromatic heterocycles. The Morgan fingerprint density at radius 2 is 2.55 bits per heavy atom. The van der Waals surface area contributed by atoms with Crippen LogP contribution in [-0.2, 0) is 11.3 Å². The molecule has 0 radical (unpaired) electrons. The van der Waals surface area contributed by atoms with Crippen LogP contribution in [0.25, 0.3) is 0 Å². The van der Waals surface area contributed by atoms with Crippen molar-refractivity contribution in [3.05, 3.63) is 16.9 Å². The largest absolute Gasteiger partial charge is 0.481 e. The van der Waals surface area contributed by atoms with E-state index in [-0.39, 0.29) is 6.42 Å². The highest BCUT2D eigenvalue weighted by molar-refractivity contribution is 9.10. The summed E-state index contributed by atoms with van der Waals surface area (Å²) in [4.78, 5) is 10.1. The fraction of sp³-hybridized carbons (Fsp3) is 0.333. The Labute approximate surface area is 72.0 Å². The minimum absolute atomic E-state index is 0.0975. The number of halogens is 1. The Hall–Kier alpha value is -0.840. The number of aryl methyl sites for hydroxylation is 1. The summed E-state index contributed by atoms with van der Waals surface area (Å²) < 4.78 is 2.40. The molecule has 1 N–H and O–H groups in total. The van der Waals surface area contributed by atoms with E-state index >= 15 is 0 Å². The van der Waals surface area contributed by atoms with Gasteiger partial charge in [0.25, 0.3) is 0 Å². The van der Waals surface area contributed by atoms with Gasteiger partial charge in [0.15, 0.2) is 0 Å². The molecular weight excluding hydrogens is 212 g/mol. The first-order valence-electron chi connectivity index (χ1n) is 3.09. The van der Waals surface area contributed by atoms with Crippen LogP contribution in [0.15, 0.2) is 16.9 Å². The van der Waals surface area contributed by atoms with E-state index in [0.29, 0.717) is 6.54 Å². The number of carboxylic acids is 1. The maximum Gasteiger partial charge on any atom is 0.305 e. The third-order valence-corrected chi connectivity index (χ3v) is 1.88. The van der Waals surface area contributed by atoms with Crippen molar-refractivity contribution in [1.82, 2.24) is 9.78 Å². The van der Waals surface area contributed by atoms with Crippen LogP contribution in [0.4, 0.5) is 0 Å². The Morgan fingerprint density at radius 1 is 1.82 bits per heavy atom. The van der Waals surface area contributed by atoms with E-state index in [1.165, 1.54) is 0 Å². The predicted octanol–water partition coefficient (Wildman–Crippen LogP) is 1.12. The highest BCUT2D eigenvalue weighted by Gasteiger charge is 2.00. The summed E-state index contributed by atoms with van der Waals surface area (Å²) in [5, 5.41) is 12.2. The van der Waals surface area contributed by atoms with Crippen LogP contribution >= 0.6 is 15.9 Å². The van der Waals surface area contributed by atoms with Gasteiger partial charge < -0.3 is 5.11 Å². The normalized spacial score (nSPS) is 9.91. The van der Waals surface area contributed by atoms with Crippen molar-refractivity contribution < 1.29 is 9.90 Å². The fourth-order valence-electron chi connectivity index (χ4n) is 0.683. The van der Waals surface area contributed by atoms with Crippen LogP contribution in [0, 0.1) is 0 Å². The smallest absolute Gasteiger partial charge is 0.305 e. The first-order valence-corrected chi connectivity index (χ1v) is 3.88. The monoisotopic (exact) mass is 218 g/mol. The van der Waals surface area contributed by atoms with Crippen LogP contribution in [-0.4, -0.2) is 20.9 Å². The lowest BCUT2D eigenvalue weighted by atomic mass is 10.4. The summed E-state index contributed by atoms with van der Waals surface area (Å²) in [6, 6.07) is 1.77. The molecule has 0 aliphatic rings. The van der Waals surface area contributed by atoms with Gasteiger partial charge in [-0.3, -0.25) is 9.48 Å². The lowest BCUT2D eigenvalue weighted by molar-refractivity contribution is -0.137. The van der Waals surface area contributed by atoms with Crippen molar-refractivity contribution in [2.75, 3.05) is 0 Å². The molecule has 0 bridgehead atoms. The molecule has 1 rings (SSSR count). The van der Waals surface area contributed by atoms with Gasteiger partial charge in [0.05, 0.1) is 19.2 Å². The molecule has 60 valence electrons. The Morgan fingerprint density at radius 3 is 3.00 bits per heavy atom. The average molecular weight is 219 g/mol. The van der Waals surface area contributed by atoms with Gasteiger partial charge in [0, 0.05) is 0 Å². The summed E-state index contributed by atoms with van der Waals surface area (Å²) in [5.74, 6) is -0.813. The topological polar surface area (TPSA) is 55.1 Å². The number of aliphatic carboxylic acids is 1. The van der Waals surface area contributed by atoms with E-state index in [4.69, 9.17) is 5.11 Å². The first kappa shape index (κ1) is 8.26. The highest BCUT2D eigenvalue weighted by Crippen LogP contribution is 2.07. The summed E-state index contributed by atoms with van der Waals surface area (Å²) in [5.41, 5.74) is 0. The van der Waals surface area contributed by atoms with E-state index in [1.54, 1.807) is 16.9 Å². The van der Waals surface area contributed by atoms with Crippen molar-refractivity contribution in [1.29, 1.82) is 0 Å². The van der Waals surface area contributed by atoms with Gasteiger partial charge in [-0.1, -0.05) is 0 Å². The molecule has 4 nitrogen and oxygen atoms in total. The third-order valence-electron chi connectivity index (χ3n) is 1.20. The van der Waals surface area contributed by atoms with Crippen molar-refractivity contribution in [3.8, 4) is 0 Å². The maximum atomic E-state index is 10.1. The summed E-state index contributed by atoms with van der Waals surface area (Å²) in [6.07, 6.45) is 1.71. The van der Waals surface area contributed by atoms with Crippen LogP contribution in [0.1, 0.15) is 6.42 Å². The average Bonchev–Trinajstić information content (AvgIpc) is 2.31. The molecule has 0 fully saturated rings. The van der Waals surface area contributed by atoms with Crippen LogP contribution in [0.2, 0.25) is 0 Å². The van der Waals surface area contributed by atoms with Gasteiger partial charge in [0.2, 0.25) is 0 Å². The minimum Gasteiger partial charge on any atom is -0.481 e. The molecule has 0 saturated carbocycles. The number of carbonyl (C=O) groups is 1. The maximum absolute atomic E-state index is 10.1. The summed E-state index contributed by atoms with van der Waals surface area (Å²) in [6.45, 7) is 0.406. The molecule has 0 amide bonds. The van der Waals surface area contributed by atoms with Crippen molar-refractivity contribution in [2.24, 2.45) is 0 Å². The second-order valence-corrected chi connectivity index (χ2v) is 2.83. The number of carboxylic acid groups (broad SMARTS) is 1. The Balaban J connectivity index is 2.51. The van der Waals surface area contributed by atoms with E-state index in [0.717, 1.165) is 4.60 Å². The highest BCUT2D eigenvalue weighted by atomic mass is 79.9. The Kier molecular flexibility index (Phi) is 2.64. The van der Waals surface area contributed by atoms with E-state index in [9.17, 15) is 4.79 Å². The van der Waals surface area contributed by atoms with Gasteiger partial charge in [0.1, 0.15) is 4.60 Å². The molecule has 0 aliphatic carbocycles. The molecule has 0 aromatic carbocycles. The number of nitrogens with zero attached hydrogens (tertiary/aromatic N) is 2. The molecule has 0 spiro atoms. The van der Waals surface area contributed by atoms with Crippen LogP contribution < -0.4 is 0 Å². The molecule has 0 unspecified atom stereocenters. The molecular formula is C6H7BrN2O2. The molecule has 11 heavy (non-hydrogen) atoms. The molecule has 0 atom stereocenters. The number of hydrogen-bond acceptors (Lipinski definition) is 2. The molecule has 5 heteroatoms. The van der Waals surface area contributed by atoms with Gasteiger partial charge in [-0.05, 0) is 22.0 Å². The predicted molar refractivity (Wildman–Crippen MR) is 42.2 cm³/mol. The van der Waals surface area contributed by atoms with Gasteiger partial charge in [-0.15, -0.1) is 0 Å². The quantitative estimate of drug-likeness (QED) is 0.828. The molecule has 1 heterocycles. The van der Waals surface area contributed by atoms with E-state index in [1.807, 2.05) is 0 Å². The van der Waals surface area contributed by atoms with Crippen LogP contribution in [0.5, 0.6) is 0 Å². The van der Waals surface area contributed by atoms with Gasteiger partial charge in [-0.25, -0.2) is 0 Å². The third kappa shape index (κ3) is 2.34. The summed E-state index contributed by atoms with van der Waals surface area (Å²) >= 11 is 3.22. The second-order valence-electron chi connectivity index (χ2n) is 2.02.